The number of hydrogen-bond donors (Lipinski definition) is 1. The molecule has 2 atom stereocenters. The van der Waals surface area contributed by atoms with E-state index in [4.69, 9.17) is 4.74 Å². The number of aromatic nitrogens is 3. The van der Waals surface area contributed by atoms with Crippen molar-refractivity contribution in [1.29, 1.82) is 0 Å². The number of nitrogens with zero attached hydrogens (tertiary/aromatic N) is 4. The van der Waals surface area contributed by atoms with Gasteiger partial charge in [0.25, 0.3) is 11.8 Å². The molecule has 2 aromatic carbocycles. The van der Waals surface area contributed by atoms with E-state index in [2.05, 4.69) is 15.5 Å². The van der Waals surface area contributed by atoms with E-state index in [9.17, 15) is 14.0 Å². The van der Waals surface area contributed by atoms with Gasteiger partial charge in [-0.3, -0.25) is 9.59 Å². The zero-order chi connectivity index (χ0) is 22.2. The van der Waals surface area contributed by atoms with Gasteiger partial charge in [-0.25, -0.2) is 4.39 Å². The number of methoxy groups -OCH3 is 1. The topological polar surface area (TPSA) is 89.3 Å². The van der Waals surface area contributed by atoms with Crippen molar-refractivity contribution in [2.45, 2.75) is 13.0 Å². The minimum Gasteiger partial charge on any atom is -0.497 e. The summed E-state index contributed by atoms with van der Waals surface area (Å²) in [5, 5.41) is 11.2. The van der Waals surface area contributed by atoms with Crippen molar-refractivity contribution in [3.63, 3.8) is 0 Å². The summed E-state index contributed by atoms with van der Waals surface area (Å²) in [6.07, 6.45) is 0.620. The molecule has 3 aromatic rings. The molecule has 9 heteroatoms. The Morgan fingerprint density at radius 2 is 1.78 bits per heavy atom. The van der Waals surface area contributed by atoms with E-state index in [0.29, 0.717) is 37.5 Å². The first-order chi connectivity index (χ1) is 15.5. The minimum atomic E-state index is -0.512. The third-order valence-electron chi connectivity index (χ3n) is 6.21. The van der Waals surface area contributed by atoms with Crippen molar-refractivity contribution in [2.75, 3.05) is 25.5 Å². The second-order valence-corrected chi connectivity index (χ2v) is 8.15. The Balaban J connectivity index is 1.29. The Hall–Kier alpha value is -3.75. The van der Waals surface area contributed by atoms with Crippen LogP contribution in [-0.4, -0.2) is 51.7 Å². The van der Waals surface area contributed by atoms with Gasteiger partial charge in [-0.15, -0.1) is 10.2 Å². The maximum absolute atomic E-state index is 14.1. The molecule has 1 saturated heterocycles. The Morgan fingerprint density at radius 3 is 2.53 bits per heavy atom. The van der Waals surface area contributed by atoms with Gasteiger partial charge in [0.15, 0.2) is 0 Å². The third kappa shape index (κ3) is 3.59. The van der Waals surface area contributed by atoms with Crippen LogP contribution in [0.15, 0.2) is 48.5 Å². The van der Waals surface area contributed by atoms with E-state index in [1.54, 1.807) is 48.4 Å². The normalized spacial score (nSPS) is 19.2. The molecule has 0 radical (unpaired) electrons. The van der Waals surface area contributed by atoms with Gasteiger partial charge in [0.05, 0.1) is 12.7 Å². The Labute approximate surface area is 184 Å². The number of likely N-dealkylation sites (tertiary alicyclic amines) is 1. The van der Waals surface area contributed by atoms with E-state index in [1.165, 1.54) is 12.1 Å². The molecule has 2 aliphatic heterocycles. The summed E-state index contributed by atoms with van der Waals surface area (Å²) in [4.78, 5) is 27.3. The van der Waals surface area contributed by atoms with E-state index in [1.807, 2.05) is 4.57 Å². The lowest BCUT2D eigenvalue weighted by atomic mass is 9.89. The van der Waals surface area contributed by atoms with Crippen molar-refractivity contribution in [2.24, 2.45) is 11.8 Å². The van der Waals surface area contributed by atoms with Crippen LogP contribution in [0.4, 0.5) is 10.1 Å². The molecule has 0 bridgehead atoms. The minimum absolute atomic E-state index is 0.0881. The summed E-state index contributed by atoms with van der Waals surface area (Å²) < 4.78 is 21.0. The zero-order valence-electron chi connectivity index (χ0n) is 17.5. The molecule has 0 unspecified atom stereocenters. The predicted octanol–water partition coefficient (Wildman–Crippen LogP) is 2.62. The molecule has 164 valence electrons. The lowest BCUT2D eigenvalue weighted by Gasteiger charge is -2.25. The summed E-state index contributed by atoms with van der Waals surface area (Å²) in [5.74, 6) is 0.878. The highest BCUT2D eigenvalue weighted by Gasteiger charge is 2.41. The molecule has 1 fully saturated rings. The van der Waals surface area contributed by atoms with Gasteiger partial charge in [-0.05, 0) is 48.2 Å². The highest BCUT2D eigenvalue weighted by molar-refractivity contribution is 6.01. The number of rotatable bonds is 4. The average molecular weight is 435 g/mol. The van der Waals surface area contributed by atoms with Crippen LogP contribution in [0.1, 0.15) is 26.8 Å². The summed E-state index contributed by atoms with van der Waals surface area (Å²) in [6, 6.07) is 13.1. The van der Waals surface area contributed by atoms with Gasteiger partial charge < -0.3 is 19.5 Å². The quantitative estimate of drug-likeness (QED) is 0.681. The first-order valence-electron chi connectivity index (χ1n) is 10.4. The van der Waals surface area contributed by atoms with Crippen LogP contribution in [0.3, 0.4) is 0 Å². The molecule has 0 aliphatic carbocycles. The Morgan fingerprint density at radius 1 is 1.03 bits per heavy atom. The number of anilines is 1. The second kappa shape index (κ2) is 8.07. The van der Waals surface area contributed by atoms with Gasteiger partial charge in [0.1, 0.15) is 17.4 Å². The third-order valence-corrected chi connectivity index (χ3v) is 6.21. The fraction of sp³-hybridized carbons (Fsp3) is 0.304. The van der Waals surface area contributed by atoms with Crippen LogP contribution in [0.2, 0.25) is 0 Å². The molecule has 2 amide bonds. The summed E-state index contributed by atoms with van der Waals surface area (Å²) in [7, 11) is 1.58. The summed E-state index contributed by atoms with van der Waals surface area (Å²) in [6.45, 7) is 1.59. The van der Waals surface area contributed by atoms with E-state index < -0.39 is 5.82 Å². The number of amides is 2. The van der Waals surface area contributed by atoms with E-state index >= 15 is 0 Å². The standard InChI is InChI=1S/C23H22FN5O3/c1-32-17-8-6-16(7-9-17)25-22(30)21-27-26-20-10-14-11-28(12-15(14)13-29(20)21)23(31)18-4-2-3-5-19(18)24/h2-9,14-15H,10-13H2,1H3,(H,25,30)/t14-,15-/m0/s1. The van der Waals surface area contributed by atoms with Gasteiger partial charge >= 0.3 is 0 Å². The van der Waals surface area contributed by atoms with Crippen LogP contribution < -0.4 is 10.1 Å². The molecule has 2 aliphatic rings. The van der Waals surface area contributed by atoms with Crippen LogP contribution in [-0.2, 0) is 13.0 Å². The number of carbonyl (C=O) groups excluding carboxylic acids is 2. The first kappa shape index (κ1) is 20.2. The van der Waals surface area contributed by atoms with Crippen molar-refractivity contribution in [3.8, 4) is 5.75 Å². The maximum Gasteiger partial charge on any atom is 0.293 e. The molecule has 1 N–H and O–H groups in total. The lowest BCUT2D eigenvalue weighted by Crippen LogP contribution is -2.31. The highest BCUT2D eigenvalue weighted by Crippen LogP contribution is 2.33. The first-order valence-corrected chi connectivity index (χ1v) is 10.4. The smallest absolute Gasteiger partial charge is 0.293 e. The maximum atomic E-state index is 14.1. The van der Waals surface area contributed by atoms with Gasteiger partial charge in [0, 0.05) is 31.7 Å². The number of nitrogens with one attached hydrogen (secondary N) is 1. The Bertz CT molecular complexity index is 1180. The zero-order valence-corrected chi connectivity index (χ0v) is 17.5. The van der Waals surface area contributed by atoms with Crippen LogP contribution >= 0.6 is 0 Å². The van der Waals surface area contributed by atoms with Crippen molar-refractivity contribution in [3.05, 3.63) is 71.6 Å². The van der Waals surface area contributed by atoms with Gasteiger partial charge in [-0.1, -0.05) is 12.1 Å². The molecular formula is C23H22FN5O3. The number of halogens is 1. The Kier molecular flexibility index (Phi) is 5.08. The van der Waals surface area contributed by atoms with Crippen LogP contribution in [0.5, 0.6) is 5.75 Å². The largest absolute Gasteiger partial charge is 0.497 e. The molecule has 0 saturated carbocycles. The molecule has 8 nitrogen and oxygen atoms in total. The summed E-state index contributed by atoms with van der Waals surface area (Å²) in [5.41, 5.74) is 0.717. The fourth-order valence-corrected chi connectivity index (χ4v) is 4.52. The van der Waals surface area contributed by atoms with Crippen molar-refractivity contribution >= 4 is 17.5 Å². The predicted molar refractivity (Wildman–Crippen MR) is 114 cm³/mol. The fourth-order valence-electron chi connectivity index (χ4n) is 4.52. The van der Waals surface area contributed by atoms with Gasteiger partial charge in [-0.2, -0.15) is 0 Å². The van der Waals surface area contributed by atoms with Crippen LogP contribution in [0, 0.1) is 17.7 Å². The van der Waals surface area contributed by atoms with Gasteiger partial charge in [0.2, 0.25) is 5.82 Å². The molecule has 0 spiro atoms. The van der Waals surface area contributed by atoms with E-state index in [-0.39, 0.29) is 35.0 Å². The van der Waals surface area contributed by atoms with E-state index in [0.717, 1.165) is 5.82 Å². The summed E-state index contributed by atoms with van der Waals surface area (Å²) >= 11 is 0. The number of hydrogen-bond acceptors (Lipinski definition) is 5. The SMILES string of the molecule is COc1ccc(NC(=O)c2nnc3n2C[C@@H]2CN(C(=O)c4ccccc4F)C[C@@H]2C3)cc1. The number of fused-ring (bicyclic) bond motifs is 2. The number of benzene rings is 2. The highest BCUT2D eigenvalue weighted by atomic mass is 19.1. The lowest BCUT2D eigenvalue weighted by molar-refractivity contribution is 0.0778. The van der Waals surface area contributed by atoms with Crippen molar-refractivity contribution < 1.29 is 18.7 Å². The van der Waals surface area contributed by atoms with Crippen LogP contribution in [0.25, 0.3) is 0 Å². The monoisotopic (exact) mass is 435 g/mol. The second-order valence-electron chi connectivity index (χ2n) is 8.15. The number of carbonyl (C=O) groups is 2. The molecule has 3 heterocycles. The number of ether oxygens (including phenoxy) is 1. The molecule has 5 rings (SSSR count). The molecule has 1 aromatic heterocycles. The molecule has 32 heavy (non-hydrogen) atoms. The van der Waals surface area contributed by atoms with Crippen molar-refractivity contribution in [1.82, 2.24) is 19.7 Å². The average Bonchev–Trinajstić information content (AvgIpc) is 3.41. The molecular weight excluding hydrogens is 413 g/mol.